The van der Waals surface area contributed by atoms with Crippen molar-refractivity contribution in [2.75, 3.05) is 13.7 Å². The van der Waals surface area contributed by atoms with E-state index in [1.165, 1.54) is 13.4 Å². The van der Waals surface area contributed by atoms with Crippen LogP contribution in [0, 0.1) is 6.92 Å². The van der Waals surface area contributed by atoms with Gasteiger partial charge in [-0.05, 0) is 44.7 Å². The molecule has 3 rings (SSSR count). The van der Waals surface area contributed by atoms with Crippen LogP contribution >= 0.6 is 11.6 Å². The minimum atomic E-state index is -0.958. The number of hydrogen-bond acceptors (Lipinski definition) is 5. The molecule has 7 heteroatoms. The number of aliphatic hydroxyl groups excluding tert-OH is 1. The lowest BCUT2D eigenvalue weighted by Gasteiger charge is -2.12. The van der Waals surface area contributed by atoms with Crippen LogP contribution in [0.5, 0.6) is 0 Å². The van der Waals surface area contributed by atoms with Crippen LogP contribution in [0.2, 0.25) is 5.15 Å². The van der Waals surface area contributed by atoms with Gasteiger partial charge in [-0.15, -0.1) is 0 Å². The van der Waals surface area contributed by atoms with Crippen LogP contribution in [-0.4, -0.2) is 44.3 Å². The van der Waals surface area contributed by atoms with E-state index < -0.39 is 5.79 Å². The zero-order chi connectivity index (χ0) is 17.9. The van der Waals surface area contributed by atoms with Crippen LogP contribution in [0.15, 0.2) is 24.2 Å². The van der Waals surface area contributed by atoms with Crippen LogP contribution in [-0.2, 0) is 4.74 Å². The van der Waals surface area contributed by atoms with Crippen LogP contribution < -0.4 is 0 Å². The molecular weight excluding hydrogens is 330 g/mol. The molecule has 1 atom stereocenters. The first-order valence-corrected chi connectivity index (χ1v) is 8.20. The third-order valence-corrected chi connectivity index (χ3v) is 4.29. The molecule has 1 aliphatic carbocycles. The van der Waals surface area contributed by atoms with Gasteiger partial charge in [0.05, 0.1) is 18.0 Å². The summed E-state index contributed by atoms with van der Waals surface area (Å²) in [6.45, 7) is 5.31. The zero-order valence-electron chi connectivity index (χ0n) is 14.5. The van der Waals surface area contributed by atoms with Gasteiger partial charge in [0.1, 0.15) is 17.1 Å². The van der Waals surface area contributed by atoms with Crippen molar-refractivity contribution in [1.29, 1.82) is 0 Å². The van der Waals surface area contributed by atoms with Crippen molar-refractivity contribution in [1.82, 2.24) is 14.5 Å². The maximum absolute atomic E-state index is 9.17. The lowest BCUT2D eigenvalue weighted by atomic mass is 10.2. The fourth-order valence-corrected chi connectivity index (χ4v) is 2.88. The first-order chi connectivity index (χ1) is 11.3. The van der Waals surface area contributed by atoms with Crippen LogP contribution in [0.1, 0.15) is 38.3 Å². The fraction of sp³-hybridized carbons (Fsp3) is 0.529. The summed E-state index contributed by atoms with van der Waals surface area (Å²) in [6.07, 6.45) is 7.62. The Kier molecular flexibility index (Phi) is 5.98. The molecule has 1 aliphatic rings. The third-order valence-electron chi connectivity index (χ3n) is 4.00. The molecule has 2 N–H and O–H groups in total. The quantitative estimate of drug-likeness (QED) is 0.503. The number of ether oxygens (including phenoxy) is 1. The average Bonchev–Trinajstić information content (AvgIpc) is 3.12. The van der Waals surface area contributed by atoms with Crippen molar-refractivity contribution in [3.8, 4) is 0 Å². The number of allylic oxidation sites excluding steroid dienone is 1. The monoisotopic (exact) mass is 353 g/mol. The third kappa shape index (κ3) is 4.33. The number of nitrogens with zero attached hydrogens (tertiary/aromatic N) is 3. The van der Waals surface area contributed by atoms with E-state index in [1.54, 1.807) is 13.8 Å². The predicted molar refractivity (Wildman–Crippen MR) is 94.0 cm³/mol. The molecule has 0 bridgehead atoms. The Labute approximate surface area is 146 Å². The van der Waals surface area contributed by atoms with Gasteiger partial charge in [0.2, 0.25) is 0 Å². The molecule has 2 heterocycles. The Hall–Kier alpha value is -1.47. The van der Waals surface area contributed by atoms with Crippen LogP contribution in [0.25, 0.3) is 11.0 Å². The fourth-order valence-electron chi connectivity index (χ4n) is 2.60. The normalized spacial score (nSPS) is 17.6. The van der Waals surface area contributed by atoms with Gasteiger partial charge in [0.25, 0.3) is 0 Å². The van der Waals surface area contributed by atoms with E-state index in [4.69, 9.17) is 21.8 Å². The maximum atomic E-state index is 9.17. The molecule has 24 heavy (non-hydrogen) atoms. The molecule has 0 amide bonds. The van der Waals surface area contributed by atoms with E-state index in [9.17, 15) is 0 Å². The number of hydrogen-bond donors (Lipinski definition) is 2. The van der Waals surface area contributed by atoms with Crippen molar-refractivity contribution in [3.05, 3.63) is 34.9 Å². The van der Waals surface area contributed by atoms with Gasteiger partial charge in [-0.25, -0.2) is 9.97 Å². The molecule has 0 radical (unpaired) electrons. The molecule has 2 aromatic rings. The molecule has 2 aromatic heterocycles. The molecule has 132 valence electrons. The van der Waals surface area contributed by atoms with Gasteiger partial charge in [-0.1, -0.05) is 17.7 Å². The summed E-state index contributed by atoms with van der Waals surface area (Å²) in [6, 6.07) is 0.259. The van der Waals surface area contributed by atoms with Gasteiger partial charge in [0, 0.05) is 13.3 Å². The lowest BCUT2D eigenvalue weighted by molar-refractivity contribution is -0.155. The Morgan fingerprint density at radius 2 is 2.08 bits per heavy atom. The first kappa shape index (κ1) is 18.9. The summed E-state index contributed by atoms with van der Waals surface area (Å²) in [4.78, 5) is 8.36. The average molecular weight is 354 g/mol. The second-order valence-electron chi connectivity index (χ2n) is 6.32. The molecule has 0 aliphatic heterocycles. The van der Waals surface area contributed by atoms with Crippen LogP contribution in [0.3, 0.4) is 0 Å². The number of halogens is 1. The first-order valence-electron chi connectivity index (χ1n) is 7.82. The van der Waals surface area contributed by atoms with Crippen molar-refractivity contribution in [3.63, 3.8) is 0 Å². The van der Waals surface area contributed by atoms with E-state index in [0.717, 1.165) is 35.0 Å². The summed E-state index contributed by atoms with van der Waals surface area (Å²) in [7, 11) is 1.46. The van der Waals surface area contributed by atoms with Gasteiger partial charge in [-0.3, -0.25) is 0 Å². The second kappa shape index (κ2) is 7.61. The molecule has 0 spiro atoms. The van der Waals surface area contributed by atoms with E-state index in [1.807, 2.05) is 6.92 Å². The minimum Gasteiger partial charge on any atom is -0.392 e. The summed E-state index contributed by atoms with van der Waals surface area (Å²) < 4.78 is 6.62. The smallest absolute Gasteiger partial charge is 0.159 e. The highest BCUT2D eigenvalue weighted by Gasteiger charge is 2.20. The van der Waals surface area contributed by atoms with Gasteiger partial charge < -0.3 is 19.5 Å². The summed E-state index contributed by atoms with van der Waals surface area (Å²) >= 11 is 6.12. The van der Waals surface area contributed by atoms with Gasteiger partial charge >= 0.3 is 0 Å². The van der Waals surface area contributed by atoms with E-state index in [0.29, 0.717) is 5.15 Å². The largest absolute Gasteiger partial charge is 0.392 e. The highest BCUT2D eigenvalue weighted by molar-refractivity contribution is 6.34. The topological polar surface area (TPSA) is 80.4 Å². The highest BCUT2D eigenvalue weighted by Crippen LogP contribution is 2.33. The van der Waals surface area contributed by atoms with E-state index in [-0.39, 0.29) is 12.6 Å². The standard InChI is InChI=1S/C13H14ClN3O.C4H10O2/c1-8-5-17(10-3-2-9(4-10)6-18)13-11(8)12(14)15-7-16-13;1-4(2,5)6-3/h4-5,7,10,18H,2-3,6H2,1H3;5H,1-3H3. The molecule has 6 nitrogen and oxygen atoms in total. The number of methoxy groups -OCH3 is 1. The second-order valence-corrected chi connectivity index (χ2v) is 6.68. The zero-order valence-corrected chi connectivity index (χ0v) is 15.2. The van der Waals surface area contributed by atoms with Gasteiger partial charge in [-0.2, -0.15) is 0 Å². The summed E-state index contributed by atoms with van der Waals surface area (Å²) in [5.41, 5.74) is 3.05. The summed E-state index contributed by atoms with van der Waals surface area (Å²) in [5.74, 6) is -0.958. The number of fused-ring (bicyclic) bond motifs is 1. The molecule has 0 saturated heterocycles. The number of rotatable bonds is 3. The lowest BCUT2D eigenvalue weighted by Crippen LogP contribution is -2.20. The number of aliphatic hydroxyl groups is 2. The minimum absolute atomic E-state index is 0.143. The Morgan fingerprint density at radius 1 is 1.42 bits per heavy atom. The predicted octanol–water partition coefficient (Wildman–Crippen LogP) is 3.01. The Bertz CT molecular complexity index is 734. The number of aromatic nitrogens is 3. The Morgan fingerprint density at radius 3 is 2.62 bits per heavy atom. The highest BCUT2D eigenvalue weighted by atomic mass is 35.5. The number of aryl methyl sites for hydroxylation is 1. The van der Waals surface area contributed by atoms with Crippen molar-refractivity contribution in [2.24, 2.45) is 0 Å². The van der Waals surface area contributed by atoms with Gasteiger partial charge in [0.15, 0.2) is 5.79 Å². The molecular formula is C17H24ClN3O3. The Balaban J connectivity index is 0.000000301. The van der Waals surface area contributed by atoms with E-state index in [2.05, 4.69) is 31.5 Å². The molecule has 0 saturated carbocycles. The summed E-state index contributed by atoms with van der Waals surface area (Å²) in [5, 5.41) is 19.2. The molecule has 0 aromatic carbocycles. The van der Waals surface area contributed by atoms with Crippen molar-refractivity contribution >= 4 is 22.6 Å². The van der Waals surface area contributed by atoms with Crippen molar-refractivity contribution in [2.45, 2.75) is 45.4 Å². The van der Waals surface area contributed by atoms with E-state index >= 15 is 0 Å². The molecule has 1 unspecified atom stereocenters. The van der Waals surface area contributed by atoms with Crippen LogP contribution in [0.4, 0.5) is 0 Å². The SMILES string of the molecule is COC(C)(C)O.Cc1cn(C2C=C(CO)CC2)c2ncnc(Cl)c12. The van der Waals surface area contributed by atoms with Crippen molar-refractivity contribution < 1.29 is 14.9 Å². The maximum Gasteiger partial charge on any atom is 0.159 e. The molecule has 0 fully saturated rings.